The largest absolute Gasteiger partial charge is 0.538 e. The molecule has 36 heavy (non-hydrogen) atoms. The minimum absolute atomic E-state index is 0.0587. The third kappa shape index (κ3) is 5.02. The molecule has 0 saturated carbocycles. The molecule has 3 aromatic rings. The number of esters is 1. The first-order chi connectivity index (χ1) is 17.2. The topological polar surface area (TPSA) is 138 Å². The molecular formula is C23H24N4O7S2. The number of anilines is 1. The van der Waals surface area contributed by atoms with Crippen LogP contribution < -0.4 is 19.8 Å². The number of methoxy groups -OCH3 is 2. The van der Waals surface area contributed by atoms with Gasteiger partial charge in [-0.05, 0) is 47.5 Å². The Morgan fingerprint density at radius 2 is 2.00 bits per heavy atom. The quantitative estimate of drug-likeness (QED) is 0.275. The Kier molecular flexibility index (Phi) is 7.50. The summed E-state index contributed by atoms with van der Waals surface area (Å²) in [5, 5.41) is 18.7. The van der Waals surface area contributed by atoms with Gasteiger partial charge in [-0.3, -0.25) is 9.59 Å². The second-order valence-corrected chi connectivity index (χ2v) is 10.3. The Balaban J connectivity index is 1.55. The lowest BCUT2D eigenvalue weighted by Crippen LogP contribution is -2.36. The van der Waals surface area contributed by atoms with Crippen LogP contribution in [-0.4, -0.2) is 54.0 Å². The van der Waals surface area contributed by atoms with Crippen LogP contribution in [0.3, 0.4) is 0 Å². The summed E-state index contributed by atoms with van der Waals surface area (Å²) in [6.07, 6.45) is 0.484. The molecule has 190 valence electrons. The number of fused-ring (bicyclic) bond motifs is 1. The number of amides is 2. The molecule has 3 heterocycles. The highest BCUT2D eigenvalue weighted by Crippen LogP contribution is 2.38. The molecule has 1 N–H and O–H groups in total. The number of benzene rings is 1. The summed E-state index contributed by atoms with van der Waals surface area (Å²) >= 11 is 2.22. The van der Waals surface area contributed by atoms with Gasteiger partial charge in [-0.25, -0.2) is 4.79 Å². The Morgan fingerprint density at radius 1 is 1.28 bits per heavy atom. The van der Waals surface area contributed by atoms with Gasteiger partial charge in [0.15, 0.2) is 5.95 Å². The Bertz CT molecular complexity index is 1300. The molecule has 4 rings (SSSR count). The van der Waals surface area contributed by atoms with Gasteiger partial charge in [0.25, 0.3) is 5.03 Å². The standard InChI is InChI=1S/C23H24N4O7S2/c1-12(35-21-23(31)34-25-27(21)14-5-7-15(32-3)8-6-14)19(29)24-20-18(22(30)33-4)16-9-10-26(13(2)28)11-17(16)36-20/h5-8,12H,9-11H2,1-4H3,(H-,24,25,29,30,31). The van der Waals surface area contributed by atoms with E-state index in [9.17, 15) is 19.5 Å². The summed E-state index contributed by atoms with van der Waals surface area (Å²) in [5.41, 5.74) is 1.64. The SMILES string of the molecule is COC(=O)c1c(NC(=O)C(C)Sc2c([O-])on[n+]2-c2ccc(OC)cc2)sc2c1CCN(C(C)=O)C2. The molecule has 2 amide bonds. The van der Waals surface area contributed by atoms with Crippen molar-refractivity contribution in [2.24, 2.45) is 0 Å². The van der Waals surface area contributed by atoms with Gasteiger partial charge in [0.05, 0.1) is 36.8 Å². The molecule has 11 nitrogen and oxygen atoms in total. The van der Waals surface area contributed by atoms with Gasteiger partial charge in [-0.15, -0.1) is 11.3 Å². The van der Waals surface area contributed by atoms with Gasteiger partial charge in [0.1, 0.15) is 10.8 Å². The van der Waals surface area contributed by atoms with Gasteiger partial charge in [0.2, 0.25) is 17.5 Å². The van der Waals surface area contributed by atoms with Crippen molar-refractivity contribution >= 4 is 45.9 Å². The lowest BCUT2D eigenvalue weighted by atomic mass is 10.0. The Hall–Kier alpha value is -3.58. The predicted molar refractivity (Wildman–Crippen MR) is 128 cm³/mol. The average molecular weight is 533 g/mol. The normalized spacial score (nSPS) is 13.6. The van der Waals surface area contributed by atoms with Crippen molar-refractivity contribution in [3.8, 4) is 17.4 Å². The molecule has 0 spiro atoms. The fraction of sp³-hybridized carbons (Fsp3) is 0.348. The van der Waals surface area contributed by atoms with Gasteiger partial charge < -0.3 is 29.3 Å². The van der Waals surface area contributed by atoms with Crippen LogP contribution in [-0.2, 0) is 27.3 Å². The zero-order valence-electron chi connectivity index (χ0n) is 20.0. The van der Waals surface area contributed by atoms with Crippen molar-refractivity contribution < 1.29 is 38.2 Å². The molecule has 0 aliphatic carbocycles. The van der Waals surface area contributed by atoms with Crippen molar-refractivity contribution in [2.75, 3.05) is 26.1 Å². The van der Waals surface area contributed by atoms with Crippen LogP contribution in [0.4, 0.5) is 5.00 Å². The number of ether oxygens (including phenoxy) is 2. The number of hydrogen-bond acceptors (Lipinski definition) is 10. The maximum absolute atomic E-state index is 13.1. The highest BCUT2D eigenvalue weighted by molar-refractivity contribution is 8.00. The smallest absolute Gasteiger partial charge is 0.341 e. The Morgan fingerprint density at radius 3 is 2.64 bits per heavy atom. The van der Waals surface area contributed by atoms with Crippen LogP contribution in [0.15, 0.2) is 33.8 Å². The molecule has 1 atom stereocenters. The molecule has 0 saturated heterocycles. The van der Waals surface area contributed by atoms with E-state index >= 15 is 0 Å². The van der Waals surface area contributed by atoms with Gasteiger partial charge in [-0.1, -0.05) is 0 Å². The maximum atomic E-state index is 13.1. The first kappa shape index (κ1) is 25.5. The number of carbonyl (C=O) groups excluding carboxylic acids is 3. The van der Waals surface area contributed by atoms with Crippen molar-refractivity contribution in [2.45, 2.75) is 37.1 Å². The van der Waals surface area contributed by atoms with Crippen molar-refractivity contribution in [1.29, 1.82) is 0 Å². The summed E-state index contributed by atoms with van der Waals surface area (Å²) in [6.45, 7) is 3.97. The van der Waals surface area contributed by atoms with Crippen molar-refractivity contribution in [3.63, 3.8) is 0 Å². The van der Waals surface area contributed by atoms with E-state index in [1.165, 1.54) is 30.1 Å². The number of nitrogens with one attached hydrogen (secondary N) is 1. The molecule has 1 aliphatic rings. The highest BCUT2D eigenvalue weighted by atomic mass is 32.2. The number of carbonyl (C=O) groups is 3. The van der Waals surface area contributed by atoms with Gasteiger partial charge >= 0.3 is 5.97 Å². The molecule has 1 aliphatic heterocycles. The fourth-order valence-corrected chi connectivity index (χ4v) is 5.87. The molecule has 1 aromatic carbocycles. The number of rotatable bonds is 7. The lowest BCUT2D eigenvalue weighted by molar-refractivity contribution is -0.705. The first-order valence-electron chi connectivity index (χ1n) is 10.9. The van der Waals surface area contributed by atoms with E-state index in [4.69, 9.17) is 14.0 Å². The number of thioether (sulfide) groups is 1. The zero-order valence-corrected chi connectivity index (χ0v) is 21.7. The Labute approximate surface area is 214 Å². The minimum Gasteiger partial charge on any atom is -0.538 e. The molecule has 0 fully saturated rings. The number of aromatic nitrogens is 2. The lowest BCUT2D eigenvalue weighted by Gasteiger charge is -2.25. The monoisotopic (exact) mass is 532 g/mol. The second kappa shape index (κ2) is 10.6. The summed E-state index contributed by atoms with van der Waals surface area (Å²) in [5.74, 6) is -1.08. The molecule has 2 aromatic heterocycles. The average Bonchev–Trinajstić information content (AvgIpc) is 3.42. The molecule has 1 unspecified atom stereocenters. The van der Waals surface area contributed by atoms with E-state index in [1.54, 1.807) is 43.2 Å². The molecule has 13 heteroatoms. The first-order valence-corrected chi connectivity index (χ1v) is 12.6. The minimum atomic E-state index is -0.736. The third-order valence-corrected chi connectivity index (χ3v) is 7.94. The van der Waals surface area contributed by atoms with Gasteiger partial charge in [-0.2, -0.15) is 0 Å². The number of nitrogens with zero attached hydrogens (tertiary/aromatic N) is 3. The van der Waals surface area contributed by atoms with E-state index in [1.807, 2.05) is 0 Å². The number of hydrogen-bond donors (Lipinski definition) is 1. The molecule has 0 bridgehead atoms. The highest BCUT2D eigenvalue weighted by Gasteiger charge is 2.32. The van der Waals surface area contributed by atoms with E-state index in [0.29, 0.717) is 41.5 Å². The van der Waals surface area contributed by atoms with Crippen molar-refractivity contribution in [1.82, 2.24) is 10.2 Å². The van der Waals surface area contributed by atoms with E-state index < -0.39 is 23.1 Å². The van der Waals surface area contributed by atoms with Crippen LogP contribution >= 0.6 is 23.1 Å². The molecule has 0 radical (unpaired) electrons. The summed E-state index contributed by atoms with van der Waals surface area (Å²) in [7, 11) is 2.82. The van der Waals surface area contributed by atoms with Crippen LogP contribution in [0.1, 0.15) is 34.6 Å². The van der Waals surface area contributed by atoms with Crippen LogP contribution in [0, 0.1) is 0 Å². The van der Waals surface area contributed by atoms with Crippen LogP contribution in [0.2, 0.25) is 0 Å². The number of thiophene rings is 1. The van der Waals surface area contributed by atoms with Gasteiger partial charge in [0, 0.05) is 30.5 Å². The fourth-order valence-electron chi connectivity index (χ4n) is 3.74. The van der Waals surface area contributed by atoms with Crippen molar-refractivity contribution in [3.05, 3.63) is 40.3 Å². The van der Waals surface area contributed by atoms with Crippen LogP contribution in [0.25, 0.3) is 5.69 Å². The summed E-state index contributed by atoms with van der Waals surface area (Å²) in [6, 6.07) is 6.84. The van der Waals surface area contributed by atoms with E-state index in [-0.39, 0.29) is 10.9 Å². The second-order valence-electron chi connectivity index (χ2n) is 7.91. The van der Waals surface area contributed by atoms with Crippen LogP contribution in [0.5, 0.6) is 11.7 Å². The summed E-state index contributed by atoms with van der Waals surface area (Å²) in [4.78, 5) is 40.0. The van der Waals surface area contributed by atoms with E-state index in [2.05, 4.69) is 10.6 Å². The van der Waals surface area contributed by atoms with E-state index in [0.717, 1.165) is 22.2 Å². The molecular weight excluding hydrogens is 508 g/mol. The zero-order chi connectivity index (χ0) is 26.0. The summed E-state index contributed by atoms with van der Waals surface area (Å²) < 4.78 is 16.3. The third-order valence-electron chi connectivity index (χ3n) is 5.68. The predicted octanol–water partition coefficient (Wildman–Crippen LogP) is 1.91. The maximum Gasteiger partial charge on any atom is 0.341 e.